The molecular weight excluding hydrogens is 969 g/mol. The van der Waals surface area contributed by atoms with Crippen LogP contribution in [0.2, 0.25) is 0 Å². The fourth-order valence-electron chi connectivity index (χ4n) is 7.77. The summed E-state index contributed by atoms with van der Waals surface area (Å²) in [7, 11) is -20.1. The lowest BCUT2D eigenvalue weighted by atomic mass is 9.91. The number of hydrogen-bond acceptors (Lipinski definition) is 17. The summed E-state index contributed by atoms with van der Waals surface area (Å²) in [5.74, 6) is -0.0404. The van der Waals surface area contributed by atoms with Crippen molar-refractivity contribution < 1.29 is 94.5 Å². The highest BCUT2D eigenvalue weighted by molar-refractivity contribution is 7.86. The van der Waals surface area contributed by atoms with E-state index in [0.29, 0.717) is 0 Å². The van der Waals surface area contributed by atoms with Crippen LogP contribution in [0.25, 0.3) is 0 Å². The Morgan fingerprint density at radius 1 is 0.269 bits per heavy atom. The van der Waals surface area contributed by atoms with Crippen LogP contribution in [-0.4, -0.2) is 144 Å². The standard InChI is InChI=1S/C42H48O21S4/c43-64(44,45)35-19-27-15-28-20-36(65(46,47)48)22-30-17-32-24-38(67(52,53)54)26-34-18-33-25-37(66(49,50)51)23-31(41(33)62-13-9-58-5-6-59-10-14-63-42(32)34)16-29(21-35)39(27)60-11-7-56-3-1-55-2-4-57-8-12-61-40(28)30/h19-26H,1-18H2,(H,43,44,45)(H,46,47,48)(H,49,50,51)(H,52,53,54). The number of ether oxygens (including phenoxy) is 9. The molecule has 21 nitrogen and oxygen atoms in total. The van der Waals surface area contributed by atoms with Gasteiger partial charge in [0.1, 0.15) is 49.4 Å². The summed E-state index contributed by atoms with van der Waals surface area (Å²) in [4.78, 5) is -2.57. The SMILES string of the molecule is O=S(=O)(O)c1cc2c3c(c1)Cc1cc(S(=O)(=O)O)cc4c1OCCOCCOCCOc1c(cc(S(=O)(=O)O)cc1C4)Cc1cc(S(=O)(=O)O)cc(c1OCCOCCOCCOCCO3)C2. The van der Waals surface area contributed by atoms with Gasteiger partial charge in [-0.1, -0.05) is 0 Å². The van der Waals surface area contributed by atoms with Gasteiger partial charge in [0.05, 0.1) is 85.7 Å². The summed E-state index contributed by atoms with van der Waals surface area (Å²) >= 11 is 0. The fourth-order valence-corrected chi connectivity index (χ4v) is 10.1. The van der Waals surface area contributed by atoms with Crippen LogP contribution in [0.3, 0.4) is 0 Å². The van der Waals surface area contributed by atoms with E-state index in [1.54, 1.807) is 0 Å². The maximum atomic E-state index is 13.1. The Morgan fingerprint density at radius 3 is 0.567 bits per heavy atom. The Balaban J connectivity index is 1.62. The van der Waals surface area contributed by atoms with Gasteiger partial charge in [0.2, 0.25) is 0 Å². The molecule has 67 heavy (non-hydrogen) atoms. The molecule has 0 aromatic heterocycles. The Hall–Kier alpha value is -4.48. The van der Waals surface area contributed by atoms with Gasteiger partial charge < -0.3 is 42.6 Å². The smallest absolute Gasteiger partial charge is 0.294 e. The molecule has 4 N–H and O–H groups in total. The van der Waals surface area contributed by atoms with Crippen molar-refractivity contribution in [3.8, 4) is 23.0 Å². The molecule has 0 amide bonds. The van der Waals surface area contributed by atoms with E-state index in [9.17, 15) is 51.9 Å². The normalized spacial score (nSPS) is 17.7. The monoisotopic (exact) mass is 1020 g/mol. The molecule has 0 atom stereocenters. The van der Waals surface area contributed by atoms with Crippen molar-refractivity contribution in [3.63, 3.8) is 0 Å². The lowest BCUT2D eigenvalue weighted by molar-refractivity contribution is 0.00474. The molecule has 0 saturated carbocycles. The van der Waals surface area contributed by atoms with Gasteiger partial charge >= 0.3 is 0 Å². The third-order valence-corrected chi connectivity index (χ3v) is 13.9. The van der Waals surface area contributed by atoms with Gasteiger partial charge in [-0.3, -0.25) is 18.2 Å². The highest BCUT2D eigenvalue weighted by Gasteiger charge is 2.29. The maximum Gasteiger partial charge on any atom is 0.294 e. The summed E-state index contributed by atoms with van der Waals surface area (Å²) in [6.45, 7) is 0.270. The van der Waals surface area contributed by atoms with E-state index in [1.807, 2.05) is 0 Å². The first-order chi connectivity index (χ1) is 31.8. The molecule has 1 aliphatic carbocycles. The predicted molar refractivity (Wildman–Crippen MR) is 232 cm³/mol. The highest BCUT2D eigenvalue weighted by atomic mass is 32.2. The molecule has 25 heteroatoms. The van der Waals surface area contributed by atoms with Crippen LogP contribution in [0.4, 0.5) is 0 Å². The van der Waals surface area contributed by atoms with Crippen molar-refractivity contribution in [1.82, 2.24) is 0 Å². The molecule has 0 fully saturated rings. The minimum atomic E-state index is -5.03. The Kier molecular flexibility index (Phi) is 16.1. The average molecular weight is 1020 g/mol. The van der Waals surface area contributed by atoms with Crippen LogP contribution in [0, 0.1) is 0 Å². The van der Waals surface area contributed by atoms with E-state index in [-0.39, 0.29) is 160 Å². The summed E-state index contributed by atoms with van der Waals surface area (Å²) < 4.78 is 200. The summed E-state index contributed by atoms with van der Waals surface area (Å²) in [5.41, 5.74) is 0.142. The molecule has 0 radical (unpaired) electrons. The Bertz CT molecular complexity index is 2720. The third kappa shape index (κ3) is 13.2. The molecule has 4 aromatic rings. The van der Waals surface area contributed by atoms with Gasteiger partial charge in [-0.25, -0.2) is 0 Å². The van der Waals surface area contributed by atoms with Crippen molar-refractivity contribution >= 4 is 40.5 Å². The lowest BCUT2D eigenvalue weighted by Gasteiger charge is -2.24. The van der Waals surface area contributed by atoms with E-state index in [2.05, 4.69) is 0 Å². The largest absolute Gasteiger partial charge is 0.491 e. The first-order valence-electron chi connectivity index (χ1n) is 20.7. The van der Waals surface area contributed by atoms with Gasteiger partial charge in [0, 0.05) is 70.2 Å². The summed E-state index contributed by atoms with van der Waals surface area (Å²) in [6, 6.07) is 8.70. The van der Waals surface area contributed by atoms with Crippen molar-refractivity contribution in [2.75, 3.05) is 92.5 Å². The first kappa shape index (κ1) is 50.4. The van der Waals surface area contributed by atoms with Crippen LogP contribution < -0.4 is 18.9 Å². The van der Waals surface area contributed by atoms with E-state index >= 15 is 0 Å². The lowest BCUT2D eigenvalue weighted by Crippen LogP contribution is -2.17. The summed E-state index contributed by atoms with van der Waals surface area (Å²) in [6.07, 6.45) is -1.72. The second kappa shape index (κ2) is 21.4. The Morgan fingerprint density at radius 2 is 0.418 bits per heavy atom. The zero-order valence-electron chi connectivity index (χ0n) is 35.7. The van der Waals surface area contributed by atoms with Crippen LogP contribution in [0.1, 0.15) is 44.5 Å². The van der Waals surface area contributed by atoms with Crippen LogP contribution in [0.15, 0.2) is 68.1 Å². The van der Waals surface area contributed by atoms with Crippen molar-refractivity contribution in [3.05, 3.63) is 93.0 Å². The Labute approximate surface area is 387 Å². The first-order valence-corrected chi connectivity index (χ1v) is 26.4. The predicted octanol–water partition coefficient (Wildman–Crippen LogP) is 2.98. The molecular formula is C42H48O21S4. The molecule has 7 rings (SSSR count). The minimum absolute atomic E-state index is 0.00516. The van der Waals surface area contributed by atoms with E-state index in [4.69, 9.17) is 42.6 Å². The van der Waals surface area contributed by atoms with Crippen LogP contribution >= 0.6 is 0 Å². The number of rotatable bonds is 4. The molecule has 2 heterocycles. The molecule has 0 unspecified atom stereocenters. The molecule has 0 saturated heterocycles. The van der Waals surface area contributed by atoms with E-state index in [1.165, 1.54) is 0 Å². The van der Waals surface area contributed by atoms with Gasteiger partial charge in [-0.15, -0.1) is 0 Å². The van der Waals surface area contributed by atoms with Crippen LogP contribution in [-0.2, 0) is 89.8 Å². The zero-order chi connectivity index (χ0) is 48.0. The van der Waals surface area contributed by atoms with Crippen LogP contribution in [0.5, 0.6) is 23.0 Å². The second-order valence-electron chi connectivity index (χ2n) is 15.3. The zero-order valence-corrected chi connectivity index (χ0v) is 39.0. The molecule has 3 aliphatic rings. The molecule has 0 spiro atoms. The van der Waals surface area contributed by atoms with Crippen molar-refractivity contribution in [1.29, 1.82) is 0 Å². The van der Waals surface area contributed by atoms with E-state index in [0.717, 1.165) is 48.5 Å². The fraction of sp³-hybridized carbons (Fsp3) is 0.429. The molecule has 2 aliphatic heterocycles. The molecule has 12 bridgehead atoms. The quantitative estimate of drug-likeness (QED) is 0.188. The maximum absolute atomic E-state index is 13.1. The van der Waals surface area contributed by atoms with Gasteiger partial charge in [-0.2, -0.15) is 33.7 Å². The third-order valence-electron chi connectivity index (χ3n) is 10.6. The molecule has 366 valence electrons. The van der Waals surface area contributed by atoms with Gasteiger partial charge in [0.15, 0.2) is 0 Å². The van der Waals surface area contributed by atoms with Crippen molar-refractivity contribution in [2.45, 2.75) is 45.3 Å². The average Bonchev–Trinajstić information content (AvgIpc) is 3.24. The van der Waals surface area contributed by atoms with Crippen molar-refractivity contribution in [2.24, 2.45) is 0 Å². The number of hydrogen-bond donors (Lipinski definition) is 4. The van der Waals surface area contributed by atoms with Gasteiger partial charge in [-0.05, 0) is 48.5 Å². The van der Waals surface area contributed by atoms with Gasteiger partial charge in [0.25, 0.3) is 40.5 Å². The number of benzene rings is 4. The second-order valence-corrected chi connectivity index (χ2v) is 21.0. The summed E-state index contributed by atoms with van der Waals surface area (Å²) in [5, 5.41) is 0. The van der Waals surface area contributed by atoms with E-state index < -0.39 is 85.7 Å². The topological polar surface area (TPSA) is 301 Å². The highest BCUT2D eigenvalue weighted by Crippen LogP contribution is 2.42. The molecule has 4 aromatic carbocycles. The minimum Gasteiger partial charge on any atom is -0.491 e.